The Bertz CT molecular complexity index is 2410. The van der Waals surface area contributed by atoms with E-state index in [2.05, 4.69) is 59.8 Å². The highest BCUT2D eigenvalue weighted by atomic mass is 32.1. The standard InChI is InChI=1S/C54H91N17O12S/c1-31(2)28-37(47(77)69-42(32(3)4)50(80)64-35(18-11-23-62-53(59)60)44(74)65-36(16-8-9-21-55)51(81)70-24-12-19-40(70)43(56)73)66-46(76)38(29-33-14-6-5-7-15-33)67-48(78)39(30-72)68-45(75)34(17-10-22-61-52(57)58)63-49(79)41-20-13-25-71(41)54(82)83-26-27-84/h5-7,14-15,31-32,34-42,72,84H,8-13,16-30,55H2,1-4H3,(H2,56,73)(H,63,79)(H,64,80)(H,65,74)(H,66,76)(H,67,78)(H,68,75)(H,69,77)(H4,57,58,61)(H4,59,60,62)/t34-,35-,36-,37-,38-,39-,40-,41-,42-/m0/s1. The zero-order valence-electron chi connectivity index (χ0n) is 48.7. The Kier molecular flexibility index (Phi) is 31.2. The number of carbonyl (C=O) groups excluding carboxylic acids is 10. The van der Waals surface area contributed by atoms with Crippen molar-refractivity contribution >= 4 is 83.8 Å². The lowest BCUT2D eigenvalue weighted by molar-refractivity contribution is -0.141. The molecule has 2 aliphatic rings. The second-order valence-corrected chi connectivity index (χ2v) is 22.0. The molecular formula is C54H91N17O12S. The molecule has 2 heterocycles. The first-order valence-electron chi connectivity index (χ1n) is 28.6. The zero-order valence-corrected chi connectivity index (χ0v) is 49.6. The van der Waals surface area contributed by atoms with Crippen LogP contribution in [0.15, 0.2) is 40.3 Å². The van der Waals surface area contributed by atoms with E-state index in [1.165, 1.54) is 9.80 Å². The fraction of sp³-hybridized carbons (Fsp3) is 0.667. The molecule has 2 fully saturated rings. The van der Waals surface area contributed by atoms with Crippen LogP contribution in [0.5, 0.6) is 0 Å². The quantitative estimate of drug-likeness (QED) is 0.0135. The van der Waals surface area contributed by atoms with Crippen LogP contribution in [-0.2, 0) is 54.3 Å². The number of thiol groups is 1. The van der Waals surface area contributed by atoms with Crippen molar-refractivity contribution in [3.8, 4) is 0 Å². The van der Waals surface area contributed by atoms with E-state index in [4.69, 9.17) is 39.1 Å². The van der Waals surface area contributed by atoms with Crippen molar-refractivity contribution in [3.05, 3.63) is 35.9 Å². The summed E-state index contributed by atoms with van der Waals surface area (Å²) in [7, 11) is 0. The SMILES string of the molecule is CC(C)C[C@H](NC(=O)[C@H](Cc1ccccc1)NC(=O)[C@H](CO)NC(=O)[C@H](CCCN=C(N)N)NC(=O)[C@@H]1CCCN1C(=O)OCCS)C(=O)N[C@H](C(=O)N[C@@H](CCCN=C(N)N)C(=O)N[C@@H](CCCCN)C(=O)N1CCC[C@H]1C(N)=O)C(C)C. The molecule has 10 amide bonds. The molecule has 20 N–H and O–H groups in total. The van der Waals surface area contributed by atoms with Gasteiger partial charge >= 0.3 is 6.09 Å². The van der Waals surface area contributed by atoms with Crippen molar-refractivity contribution in [2.24, 2.45) is 56.2 Å². The Morgan fingerprint density at radius 1 is 0.619 bits per heavy atom. The lowest BCUT2D eigenvalue weighted by Crippen LogP contribution is -2.61. The van der Waals surface area contributed by atoms with E-state index < -0.39 is 126 Å². The van der Waals surface area contributed by atoms with Gasteiger partial charge in [-0.2, -0.15) is 12.6 Å². The molecule has 0 saturated carbocycles. The highest BCUT2D eigenvalue weighted by Gasteiger charge is 2.40. The van der Waals surface area contributed by atoms with E-state index in [9.17, 15) is 53.1 Å². The van der Waals surface area contributed by atoms with Crippen molar-refractivity contribution in [2.75, 3.05) is 51.7 Å². The molecule has 9 atom stereocenters. The van der Waals surface area contributed by atoms with Gasteiger partial charge in [-0.15, -0.1) is 0 Å². The molecule has 84 heavy (non-hydrogen) atoms. The summed E-state index contributed by atoms with van der Waals surface area (Å²) in [5.41, 5.74) is 34.0. The molecule has 1 aromatic rings. The molecule has 0 bridgehead atoms. The molecule has 0 aliphatic carbocycles. The normalized spacial score (nSPS) is 17.2. The highest BCUT2D eigenvalue weighted by Crippen LogP contribution is 2.21. The van der Waals surface area contributed by atoms with Crippen LogP contribution in [0.3, 0.4) is 0 Å². The summed E-state index contributed by atoms with van der Waals surface area (Å²) in [6.07, 6.45) is 2.32. The van der Waals surface area contributed by atoms with Crippen LogP contribution >= 0.6 is 12.6 Å². The van der Waals surface area contributed by atoms with Crippen LogP contribution in [0.1, 0.15) is 110 Å². The molecule has 29 nitrogen and oxygen atoms in total. The van der Waals surface area contributed by atoms with Gasteiger partial charge in [0.15, 0.2) is 11.9 Å². The van der Waals surface area contributed by atoms with Gasteiger partial charge in [-0.05, 0) is 101 Å². The summed E-state index contributed by atoms with van der Waals surface area (Å²) in [6, 6.07) is -2.71. The second kappa shape index (κ2) is 37.0. The van der Waals surface area contributed by atoms with Crippen molar-refractivity contribution < 1.29 is 57.8 Å². The van der Waals surface area contributed by atoms with Gasteiger partial charge in [0.05, 0.1) is 6.61 Å². The predicted molar refractivity (Wildman–Crippen MR) is 317 cm³/mol. The van der Waals surface area contributed by atoms with Crippen LogP contribution in [0.4, 0.5) is 4.79 Å². The number of rotatable bonds is 36. The Labute approximate surface area is 496 Å². The molecular weight excluding hydrogens is 1110 g/mol. The number of nitrogens with zero attached hydrogens (tertiary/aromatic N) is 4. The Hall–Kier alpha value is -7.47. The highest BCUT2D eigenvalue weighted by molar-refractivity contribution is 7.80. The molecule has 0 spiro atoms. The number of aliphatic hydroxyl groups is 1. The fourth-order valence-corrected chi connectivity index (χ4v) is 9.75. The summed E-state index contributed by atoms with van der Waals surface area (Å²) < 4.78 is 5.19. The Morgan fingerprint density at radius 2 is 1.12 bits per heavy atom. The first-order chi connectivity index (χ1) is 39.9. The van der Waals surface area contributed by atoms with Crippen molar-refractivity contribution in [2.45, 2.75) is 166 Å². The number of primary amides is 1. The predicted octanol–water partition coefficient (Wildman–Crippen LogP) is -3.44. The number of carbonyl (C=O) groups is 10. The minimum absolute atomic E-state index is 0.0122. The molecule has 1 aromatic carbocycles. The Morgan fingerprint density at radius 3 is 1.67 bits per heavy atom. The van der Waals surface area contributed by atoms with Crippen molar-refractivity contribution in [1.29, 1.82) is 0 Å². The third-order valence-corrected chi connectivity index (χ3v) is 14.2. The van der Waals surface area contributed by atoms with Crippen LogP contribution < -0.4 is 71.6 Å². The summed E-state index contributed by atoms with van der Waals surface area (Å²) in [6.45, 7) is 6.92. The number of ether oxygens (including phenoxy) is 1. The number of nitrogens with two attached hydrogens (primary N) is 6. The third-order valence-electron chi connectivity index (χ3n) is 14.0. The van der Waals surface area contributed by atoms with E-state index >= 15 is 0 Å². The number of hydrogen-bond acceptors (Lipinski definition) is 16. The molecule has 0 unspecified atom stereocenters. The zero-order chi connectivity index (χ0) is 62.5. The first kappa shape index (κ1) is 70.8. The topological polar surface area (TPSA) is 472 Å². The number of aliphatic hydroxyl groups excluding tert-OH is 1. The molecule has 2 aliphatic heterocycles. The third kappa shape index (κ3) is 24.0. The van der Waals surface area contributed by atoms with Gasteiger partial charge in [0.2, 0.25) is 53.2 Å². The number of nitrogens with one attached hydrogen (secondary N) is 7. The number of amides is 10. The monoisotopic (exact) mass is 1200 g/mol. The summed E-state index contributed by atoms with van der Waals surface area (Å²) >= 11 is 4.06. The summed E-state index contributed by atoms with van der Waals surface area (Å²) in [5.74, 6) is -7.85. The van der Waals surface area contributed by atoms with Gasteiger partial charge < -0.3 is 86.4 Å². The van der Waals surface area contributed by atoms with Gasteiger partial charge in [0.1, 0.15) is 61.0 Å². The van der Waals surface area contributed by atoms with Gasteiger partial charge in [-0.25, -0.2) is 4.79 Å². The average molecular weight is 1200 g/mol. The maximum atomic E-state index is 14.5. The van der Waals surface area contributed by atoms with Crippen LogP contribution in [0.2, 0.25) is 0 Å². The molecule has 470 valence electrons. The number of unbranched alkanes of at least 4 members (excludes halogenated alkanes) is 1. The van der Waals surface area contributed by atoms with Gasteiger partial charge in [0, 0.05) is 38.4 Å². The largest absolute Gasteiger partial charge is 0.449 e. The van der Waals surface area contributed by atoms with E-state index in [-0.39, 0.29) is 108 Å². The first-order valence-corrected chi connectivity index (χ1v) is 29.3. The minimum Gasteiger partial charge on any atom is -0.449 e. The number of guanidine groups is 2. The van der Waals surface area contributed by atoms with Gasteiger partial charge in [-0.1, -0.05) is 58.0 Å². The fourth-order valence-electron chi connectivity index (χ4n) is 9.66. The Balaban J connectivity index is 1.89. The van der Waals surface area contributed by atoms with Crippen LogP contribution in [0.25, 0.3) is 0 Å². The number of aliphatic imine (C=N–C) groups is 2. The smallest absolute Gasteiger partial charge is 0.410 e. The maximum absolute atomic E-state index is 14.5. The van der Waals surface area contributed by atoms with Crippen molar-refractivity contribution in [3.63, 3.8) is 0 Å². The molecule has 3 rings (SSSR count). The second-order valence-electron chi connectivity index (χ2n) is 21.6. The number of likely N-dealkylation sites (tertiary alicyclic amines) is 2. The number of benzene rings is 1. The average Bonchev–Trinajstić information content (AvgIpc) is 4.06. The minimum atomic E-state index is -1.68. The summed E-state index contributed by atoms with van der Waals surface area (Å²) in [4.78, 5) is 149. The molecule has 0 aromatic heterocycles. The lowest BCUT2D eigenvalue weighted by Gasteiger charge is -2.30. The van der Waals surface area contributed by atoms with Crippen LogP contribution in [-0.4, -0.2) is 192 Å². The van der Waals surface area contributed by atoms with E-state index in [1.807, 2.05) is 0 Å². The van der Waals surface area contributed by atoms with Crippen LogP contribution in [0, 0.1) is 11.8 Å². The van der Waals surface area contributed by atoms with Crippen molar-refractivity contribution in [1.82, 2.24) is 47.0 Å². The van der Waals surface area contributed by atoms with E-state index in [0.717, 1.165) is 0 Å². The molecule has 0 radical (unpaired) electrons. The maximum Gasteiger partial charge on any atom is 0.410 e. The van der Waals surface area contributed by atoms with Gasteiger partial charge in [-0.3, -0.25) is 58.0 Å². The van der Waals surface area contributed by atoms with E-state index in [1.54, 1.807) is 58.0 Å². The number of hydrogen-bond donors (Lipinski definition) is 15. The van der Waals surface area contributed by atoms with E-state index in [0.29, 0.717) is 44.2 Å². The lowest BCUT2D eigenvalue weighted by atomic mass is 9.98. The summed E-state index contributed by atoms with van der Waals surface area (Å²) in [5, 5.41) is 29.3. The molecule has 30 heteroatoms. The molecule has 2 saturated heterocycles. The van der Waals surface area contributed by atoms with Gasteiger partial charge in [0.25, 0.3) is 0 Å².